The number of nitrogens with zero attached hydrogens (tertiary/aromatic N) is 2. The largest absolute Gasteiger partial charge is 0.508 e. The molecule has 0 unspecified atom stereocenters. The summed E-state index contributed by atoms with van der Waals surface area (Å²) in [6.45, 7) is 0. The lowest BCUT2D eigenvalue weighted by molar-refractivity contribution is -0.384. The van der Waals surface area contributed by atoms with Crippen molar-refractivity contribution in [3.8, 4) is 34.3 Å². The van der Waals surface area contributed by atoms with Crippen molar-refractivity contribution in [2.75, 3.05) is 0 Å². The SMILES string of the molecule is N#Cc1c(-c2ccccc2)[nH]c(-c2ccc([N+](=O)[O-])cc2)cc1=O.Oc1ccccc1. The van der Waals surface area contributed by atoms with Gasteiger partial charge in [0.05, 0.1) is 10.6 Å². The highest BCUT2D eigenvalue weighted by molar-refractivity contribution is 5.71. The van der Waals surface area contributed by atoms with E-state index in [0.29, 0.717) is 22.7 Å². The van der Waals surface area contributed by atoms with Crippen molar-refractivity contribution in [3.63, 3.8) is 0 Å². The molecular weight excluding hydrogens is 394 g/mol. The number of rotatable bonds is 3. The minimum absolute atomic E-state index is 0.0296. The zero-order valence-corrected chi connectivity index (χ0v) is 16.2. The maximum Gasteiger partial charge on any atom is 0.269 e. The summed E-state index contributed by atoms with van der Waals surface area (Å²) in [6.07, 6.45) is 0. The summed E-state index contributed by atoms with van der Waals surface area (Å²) in [4.78, 5) is 25.6. The predicted octanol–water partition coefficient (Wildman–Crippen LogP) is 4.88. The quantitative estimate of drug-likeness (QED) is 0.368. The Hall–Kier alpha value is -4.70. The number of nitro groups is 1. The van der Waals surface area contributed by atoms with Crippen molar-refractivity contribution < 1.29 is 10.0 Å². The molecule has 0 saturated carbocycles. The Morgan fingerprint density at radius 2 is 1.45 bits per heavy atom. The van der Waals surface area contributed by atoms with Gasteiger partial charge >= 0.3 is 0 Å². The van der Waals surface area contributed by atoms with E-state index >= 15 is 0 Å². The van der Waals surface area contributed by atoms with Crippen LogP contribution in [0.15, 0.2) is 95.8 Å². The van der Waals surface area contributed by atoms with Gasteiger partial charge in [0, 0.05) is 23.9 Å². The van der Waals surface area contributed by atoms with Crippen LogP contribution in [0.2, 0.25) is 0 Å². The number of nitro benzene ring substituents is 1. The van der Waals surface area contributed by atoms with Crippen molar-refractivity contribution in [3.05, 3.63) is 117 Å². The molecule has 0 amide bonds. The zero-order valence-electron chi connectivity index (χ0n) is 16.2. The second kappa shape index (κ2) is 9.67. The molecule has 0 aliphatic carbocycles. The van der Waals surface area contributed by atoms with Crippen LogP contribution in [0.25, 0.3) is 22.5 Å². The van der Waals surface area contributed by atoms with Gasteiger partial charge in [0.15, 0.2) is 0 Å². The molecule has 0 saturated heterocycles. The summed E-state index contributed by atoms with van der Waals surface area (Å²) in [5, 5.41) is 28.6. The maximum absolute atomic E-state index is 12.3. The molecule has 4 aromatic rings. The number of nitriles is 1. The lowest BCUT2D eigenvalue weighted by Gasteiger charge is -2.08. The maximum atomic E-state index is 12.3. The minimum atomic E-state index is -0.485. The molecule has 0 aliphatic rings. The van der Waals surface area contributed by atoms with Crippen molar-refractivity contribution in [1.82, 2.24) is 4.98 Å². The highest BCUT2D eigenvalue weighted by Crippen LogP contribution is 2.25. The lowest BCUT2D eigenvalue weighted by Crippen LogP contribution is -2.09. The average molecular weight is 411 g/mol. The summed E-state index contributed by atoms with van der Waals surface area (Å²) >= 11 is 0. The number of hydrogen-bond donors (Lipinski definition) is 2. The molecule has 1 heterocycles. The molecule has 2 N–H and O–H groups in total. The van der Waals surface area contributed by atoms with E-state index < -0.39 is 10.4 Å². The van der Waals surface area contributed by atoms with Gasteiger partial charge in [0.1, 0.15) is 17.4 Å². The number of pyridine rings is 1. The normalized spacial score (nSPS) is 9.77. The standard InChI is InChI=1S/C18H11N3O3.C6H6O/c19-11-15-17(22)10-16(12-6-8-14(9-7-12)21(23)24)20-18(15)13-4-2-1-3-5-13;7-6-4-2-1-3-5-6/h1-10H,(H,20,22);1-5,7H. The van der Waals surface area contributed by atoms with E-state index in [4.69, 9.17) is 5.11 Å². The lowest BCUT2D eigenvalue weighted by atomic mass is 10.0. The first kappa shape index (κ1) is 21.0. The number of nitrogens with one attached hydrogen (secondary N) is 1. The third kappa shape index (κ3) is 5.22. The van der Waals surface area contributed by atoms with Crippen LogP contribution in [0, 0.1) is 21.4 Å². The van der Waals surface area contributed by atoms with Gasteiger partial charge in [-0.3, -0.25) is 14.9 Å². The van der Waals surface area contributed by atoms with E-state index in [1.54, 1.807) is 48.5 Å². The van der Waals surface area contributed by atoms with Gasteiger partial charge in [-0.15, -0.1) is 0 Å². The van der Waals surface area contributed by atoms with E-state index in [0.717, 1.165) is 5.56 Å². The number of phenolic OH excluding ortho intramolecular Hbond substituents is 1. The minimum Gasteiger partial charge on any atom is -0.508 e. The first-order valence-electron chi connectivity index (χ1n) is 9.21. The Labute approximate surface area is 177 Å². The van der Waals surface area contributed by atoms with Crippen molar-refractivity contribution in [2.45, 2.75) is 0 Å². The summed E-state index contributed by atoms with van der Waals surface area (Å²) in [5.41, 5.74) is 1.87. The predicted molar refractivity (Wildman–Crippen MR) is 117 cm³/mol. The zero-order chi connectivity index (χ0) is 22.2. The Morgan fingerprint density at radius 1 is 0.871 bits per heavy atom. The van der Waals surface area contributed by atoms with Gasteiger partial charge in [-0.2, -0.15) is 5.26 Å². The van der Waals surface area contributed by atoms with Crippen LogP contribution in [0.1, 0.15) is 5.56 Å². The Balaban J connectivity index is 0.000000330. The summed E-state index contributed by atoms with van der Waals surface area (Å²) < 4.78 is 0. The number of aromatic hydroxyl groups is 1. The molecular formula is C24H17N3O4. The molecule has 0 atom stereocenters. The number of aromatic amines is 1. The second-order valence-electron chi connectivity index (χ2n) is 6.41. The fourth-order valence-electron chi connectivity index (χ4n) is 2.84. The number of non-ortho nitro benzene ring substituents is 1. The average Bonchev–Trinajstić information content (AvgIpc) is 2.80. The van der Waals surface area contributed by atoms with Gasteiger partial charge in [-0.05, 0) is 35.4 Å². The molecule has 3 aromatic carbocycles. The molecule has 7 heteroatoms. The first-order valence-corrected chi connectivity index (χ1v) is 9.21. The van der Waals surface area contributed by atoms with E-state index in [1.165, 1.54) is 18.2 Å². The van der Waals surface area contributed by atoms with Crippen LogP contribution in [0.5, 0.6) is 5.75 Å². The van der Waals surface area contributed by atoms with Crippen molar-refractivity contribution >= 4 is 5.69 Å². The molecule has 0 fully saturated rings. The number of hydrogen-bond acceptors (Lipinski definition) is 5. The molecule has 0 bridgehead atoms. The molecule has 7 nitrogen and oxygen atoms in total. The molecule has 152 valence electrons. The Kier molecular flexibility index (Phi) is 6.56. The van der Waals surface area contributed by atoms with Crippen LogP contribution >= 0.6 is 0 Å². The monoisotopic (exact) mass is 411 g/mol. The number of benzene rings is 3. The third-order valence-corrected chi connectivity index (χ3v) is 4.35. The number of H-pyrrole nitrogens is 1. The molecule has 31 heavy (non-hydrogen) atoms. The highest BCUT2D eigenvalue weighted by atomic mass is 16.6. The smallest absolute Gasteiger partial charge is 0.269 e. The van der Waals surface area contributed by atoms with Gasteiger partial charge in [0.25, 0.3) is 5.69 Å². The number of para-hydroxylation sites is 1. The van der Waals surface area contributed by atoms with Crippen LogP contribution in [0.3, 0.4) is 0 Å². The molecule has 0 aliphatic heterocycles. The van der Waals surface area contributed by atoms with Gasteiger partial charge in [-0.25, -0.2) is 0 Å². The van der Waals surface area contributed by atoms with Gasteiger partial charge in [0.2, 0.25) is 5.43 Å². The van der Waals surface area contributed by atoms with Crippen LogP contribution in [-0.2, 0) is 0 Å². The topological polar surface area (TPSA) is 120 Å². The van der Waals surface area contributed by atoms with Gasteiger partial charge in [-0.1, -0.05) is 48.5 Å². The number of aromatic nitrogens is 1. The van der Waals surface area contributed by atoms with Crippen LogP contribution in [0.4, 0.5) is 5.69 Å². The van der Waals surface area contributed by atoms with E-state index in [-0.39, 0.29) is 11.3 Å². The third-order valence-electron chi connectivity index (χ3n) is 4.35. The van der Waals surface area contributed by atoms with Gasteiger partial charge < -0.3 is 10.1 Å². The summed E-state index contributed by atoms with van der Waals surface area (Å²) in [5.74, 6) is 0.322. The molecule has 0 radical (unpaired) electrons. The molecule has 4 rings (SSSR count). The molecule has 1 aromatic heterocycles. The Morgan fingerprint density at radius 3 is 1.94 bits per heavy atom. The highest BCUT2D eigenvalue weighted by Gasteiger charge is 2.13. The fourth-order valence-corrected chi connectivity index (χ4v) is 2.84. The fraction of sp³-hybridized carbons (Fsp3) is 0. The Bertz CT molecular complexity index is 1280. The molecule has 0 spiro atoms. The summed E-state index contributed by atoms with van der Waals surface area (Å²) in [7, 11) is 0. The van der Waals surface area contributed by atoms with Crippen molar-refractivity contribution in [2.24, 2.45) is 0 Å². The van der Waals surface area contributed by atoms with E-state index in [9.17, 15) is 20.2 Å². The van der Waals surface area contributed by atoms with E-state index in [1.807, 2.05) is 30.3 Å². The van der Waals surface area contributed by atoms with E-state index in [2.05, 4.69) is 4.98 Å². The summed E-state index contributed by atoms with van der Waals surface area (Å²) in [6, 6.07) is 26.9. The van der Waals surface area contributed by atoms with Crippen molar-refractivity contribution in [1.29, 1.82) is 5.26 Å². The first-order chi connectivity index (χ1) is 15.0. The van der Waals surface area contributed by atoms with Crippen LogP contribution in [-0.4, -0.2) is 15.0 Å². The second-order valence-corrected chi connectivity index (χ2v) is 6.41. The number of phenols is 1. The van der Waals surface area contributed by atoms with Crippen LogP contribution < -0.4 is 5.43 Å².